The fourth-order valence-electron chi connectivity index (χ4n) is 2.36. The van der Waals surface area contributed by atoms with Gasteiger partial charge in [-0.2, -0.15) is 0 Å². The second kappa shape index (κ2) is 6.35. The second-order valence-corrected chi connectivity index (χ2v) is 6.20. The molecule has 0 radical (unpaired) electrons. The maximum Gasteiger partial charge on any atom is 0.120 e. The molecule has 2 aromatic carbocycles. The minimum atomic E-state index is 0.762. The molecule has 0 unspecified atom stereocenters. The molecule has 1 heterocycles. The van der Waals surface area contributed by atoms with Crippen molar-refractivity contribution in [2.45, 2.75) is 26.7 Å². The summed E-state index contributed by atoms with van der Waals surface area (Å²) in [6, 6.07) is 12.7. The van der Waals surface area contributed by atoms with E-state index in [1.165, 1.54) is 20.2 Å². The SMILES string of the molecule is CCCOc1ccc2sc3ccc(OCCC)cc3c2c1. The third-order valence-electron chi connectivity index (χ3n) is 3.36. The predicted molar refractivity (Wildman–Crippen MR) is 90.9 cm³/mol. The highest BCUT2D eigenvalue weighted by molar-refractivity contribution is 7.25. The number of ether oxygens (including phenoxy) is 2. The molecule has 3 aromatic rings. The number of hydrogen-bond acceptors (Lipinski definition) is 3. The first-order valence-electron chi connectivity index (χ1n) is 7.53. The molecule has 110 valence electrons. The molecule has 3 heteroatoms. The van der Waals surface area contributed by atoms with Crippen molar-refractivity contribution in [1.29, 1.82) is 0 Å². The van der Waals surface area contributed by atoms with Crippen molar-refractivity contribution in [2.24, 2.45) is 0 Å². The van der Waals surface area contributed by atoms with Gasteiger partial charge in [-0.25, -0.2) is 0 Å². The van der Waals surface area contributed by atoms with E-state index in [0.29, 0.717) is 0 Å². The van der Waals surface area contributed by atoms with E-state index in [2.05, 4.69) is 50.2 Å². The van der Waals surface area contributed by atoms with Crippen molar-refractivity contribution >= 4 is 31.5 Å². The van der Waals surface area contributed by atoms with Gasteiger partial charge in [0.05, 0.1) is 13.2 Å². The number of rotatable bonds is 6. The number of benzene rings is 2. The number of thiophene rings is 1. The molecule has 2 nitrogen and oxygen atoms in total. The molecule has 0 amide bonds. The molecule has 3 rings (SSSR count). The Bertz CT molecular complexity index is 683. The van der Waals surface area contributed by atoms with E-state index in [1.807, 2.05) is 11.3 Å². The Morgan fingerprint density at radius 3 is 1.67 bits per heavy atom. The molecule has 1 aromatic heterocycles. The Balaban J connectivity index is 2.03. The minimum absolute atomic E-state index is 0.762. The highest BCUT2D eigenvalue weighted by Crippen LogP contribution is 2.37. The van der Waals surface area contributed by atoms with Gasteiger partial charge in [0, 0.05) is 20.2 Å². The van der Waals surface area contributed by atoms with E-state index < -0.39 is 0 Å². The molecule has 0 saturated carbocycles. The first-order chi connectivity index (χ1) is 10.3. The molecule has 0 bridgehead atoms. The fourth-order valence-corrected chi connectivity index (χ4v) is 3.42. The Morgan fingerprint density at radius 1 is 0.762 bits per heavy atom. The first-order valence-corrected chi connectivity index (χ1v) is 8.35. The van der Waals surface area contributed by atoms with Crippen LogP contribution < -0.4 is 9.47 Å². The van der Waals surface area contributed by atoms with Crippen LogP contribution in [0.1, 0.15) is 26.7 Å². The van der Waals surface area contributed by atoms with Crippen LogP contribution in [0.25, 0.3) is 20.2 Å². The lowest BCUT2D eigenvalue weighted by Gasteiger charge is -2.05. The van der Waals surface area contributed by atoms with Crippen molar-refractivity contribution in [1.82, 2.24) is 0 Å². The molecule has 0 atom stereocenters. The molecule has 0 spiro atoms. The summed E-state index contributed by atoms with van der Waals surface area (Å²) in [4.78, 5) is 0. The van der Waals surface area contributed by atoms with E-state index in [9.17, 15) is 0 Å². The maximum atomic E-state index is 5.75. The smallest absolute Gasteiger partial charge is 0.120 e. The average molecular weight is 300 g/mol. The maximum absolute atomic E-state index is 5.75. The summed E-state index contributed by atoms with van der Waals surface area (Å²) in [5.41, 5.74) is 0. The predicted octanol–water partition coefficient (Wildman–Crippen LogP) is 5.63. The second-order valence-electron chi connectivity index (χ2n) is 5.11. The van der Waals surface area contributed by atoms with Gasteiger partial charge in [0.15, 0.2) is 0 Å². The summed E-state index contributed by atoms with van der Waals surface area (Å²) in [5, 5.41) is 2.51. The van der Waals surface area contributed by atoms with Crippen molar-refractivity contribution in [3.05, 3.63) is 36.4 Å². The molecule has 0 aliphatic heterocycles. The highest BCUT2D eigenvalue weighted by Gasteiger charge is 2.08. The van der Waals surface area contributed by atoms with E-state index >= 15 is 0 Å². The molecule has 0 aliphatic rings. The zero-order chi connectivity index (χ0) is 14.7. The van der Waals surface area contributed by atoms with Crippen LogP contribution in [-0.4, -0.2) is 13.2 Å². The van der Waals surface area contributed by atoms with E-state index in [0.717, 1.165) is 37.6 Å². The van der Waals surface area contributed by atoms with Gasteiger partial charge >= 0.3 is 0 Å². The molecule has 0 aliphatic carbocycles. The van der Waals surface area contributed by atoms with Gasteiger partial charge < -0.3 is 9.47 Å². The third kappa shape index (κ3) is 2.98. The molecule has 0 fully saturated rings. The van der Waals surface area contributed by atoms with Gasteiger partial charge in [-0.15, -0.1) is 11.3 Å². The zero-order valence-electron chi connectivity index (χ0n) is 12.5. The van der Waals surface area contributed by atoms with Crippen LogP contribution >= 0.6 is 11.3 Å². The van der Waals surface area contributed by atoms with Gasteiger partial charge in [0.2, 0.25) is 0 Å². The summed E-state index contributed by atoms with van der Waals surface area (Å²) < 4.78 is 14.1. The van der Waals surface area contributed by atoms with Crippen LogP contribution in [0.5, 0.6) is 11.5 Å². The standard InChI is InChI=1S/C18H20O2S/c1-3-9-19-13-5-7-17-15(11-13)16-12-14(20-10-4-2)6-8-18(16)21-17/h5-8,11-12H,3-4,9-10H2,1-2H3. The van der Waals surface area contributed by atoms with Gasteiger partial charge in [0.1, 0.15) is 11.5 Å². The van der Waals surface area contributed by atoms with E-state index in [4.69, 9.17) is 9.47 Å². The Kier molecular flexibility index (Phi) is 4.30. The Hall–Kier alpha value is -1.74. The van der Waals surface area contributed by atoms with Crippen molar-refractivity contribution in [2.75, 3.05) is 13.2 Å². The van der Waals surface area contributed by atoms with Gasteiger partial charge in [-0.3, -0.25) is 0 Å². The lowest BCUT2D eigenvalue weighted by Crippen LogP contribution is -1.94. The molecule has 21 heavy (non-hydrogen) atoms. The molecular weight excluding hydrogens is 280 g/mol. The summed E-state index contributed by atoms with van der Waals surface area (Å²) >= 11 is 1.82. The third-order valence-corrected chi connectivity index (χ3v) is 4.51. The quantitative estimate of drug-likeness (QED) is 0.587. The zero-order valence-corrected chi connectivity index (χ0v) is 13.3. The van der Waals surface area contributed by atoms with Gasteiger partial charge in [-0.05, 0) is 49.2 Å². The lowest BCUT2D eigenvalue weighted by atomic mass is 10.1. The van der Waals surface area contributed by atoms with Crippen molar-refractivity contribution in [3.8, 4) is 11.5 Å². The van der Waals surface area contributed by atoms with Crippen molar-refractivity contribution < 1.29 is 9.47 Å². The average Bonchev–Trinajstić information content (AvgIpc) is 2.88. The number of fused-ring (bicyclic) bond motifs is 3. The summed E-state index contributed by atoms with van der Waals surface area (Å²) in [6.45, 7) is 5.77. The summed E-state index contributed by atoms with van der Waals surface area (Å²) in [6.07, 6.45) is 2.05. The molecular formula is C18H20O2S. The molecule has 0 saturated heterocycles. The monoisotopic (exact) mass is 300 g/mol. The van der Waals surface area contributed by atoms with Crippen LogP contribution in [0.3, 0.4) is 0 Å². The van der Waals surface area contributed by atoms with Gasteiger partial charge in [0.25, 0.3) is 0 Å². The van der Waals surface area contributed by atoms with Crippen LogP contribution in [-0.2, 0) is 0 Å². The number of hydrogen-bond donors (Lipinski definition) is 0. The van der Waals surface area contributed by atoms with E-state index in [-0.39, 0.29) is 0 Å². The largest absolute Gasteiger partial charge is 0.494 e. The fraction of sp³-hybridized carbons (Fsp3) is 0.333. The van der Waals surface area contributed by atoms with Crippen LogP contribution in [0.4, 0.5) is 0 Å². The minimum Gasteiger partial charge on any atom is -0.494 e. The van der Waals surface area contributed by atoms with Gasteiger partial charge in [-0.1, -0.05) is 13.8 Å². The van der Waals surface area contributed by atoms with Crippen LogP contribution in [0.15, 0.2) is 36.4 Å². The van der Waals surface area contributed by atoms with E-state index in [1.54, 1.807) is 0 Å². The Labute approximate surface area is 129 Å². The van der Waals surface area contributed by atoms with Crippen molar-refractivity contribution in [3.63, 3.8) is 0 Å². The summed E-state index contributed by atoms with van der Waals surface area (Å²) in [7, 11) is 0. The topological polar surface area (TPSA) is 18.5 Å². The first kappa shape index (κ1) is 14.2. The van der Waals surface area contributed by atoms with Crippen LogP contribution in [0.2, 0.25) is 0 Å². The molecule has 0 N–H and O–H groups in total. The summed E-state index contributed by atoms with van der Waals surface area (Å²) in [5.74, 6) is 1.90. The Morgan fingerprint density at radius 2 is 1.24 bits per heavy atom. The van der Waals surface area contributed by atoms with Crippen LogP contribution in [0, 0.1) is 0 Å². The normalized spacial score (nSPS) is 11.1. The highest BCUT2D eigenvalue weighted by atomic mass is 32.1. The lowest BCUT2D eigenvalue weighted by molar-refractivity contribution is 0.317.